The molecule has 0 amide bonds. The van der Waals surface area contributed by atoms with E-state index in [9.17, 15) is 96.6 Å². The predicted octanol–water partition coefficient (Wildman–Crippen LogP) is 35.0. The summed E-state index contributed by atoms with van der Waals surface area (Å²) in [5, 5.41) is 0. The first-order valence-corrected chi connectivity index (χ1v) is 41.6. The van der Waals surface area contributed by atoms with Crippen LogP contribution in [-0.2, 0) is 0 Å². The van der Waals surface area contributed by atoms with Gasteiger partial charge in [-0.1, -0.05) is 264 Å². The minimum Gasteiger partial charge on any atom is -0.206 e. The molecule has 684 valence electrons. The normalized spacial score (nSPS) is 10.8. The Morgan fingerprint density at radius 2 is 0.250 bits per heavy atom. The first-order chi connectivity index (χ1) is 64.9. The Balaban J connectivity index is 0.000000138. The van der Waals surface area contributed by atoms with Crippen LogP contribution in [0.1, 0.15) is 33.4 Å². The molecule has 0 N–H and O–H groups in total. The average molecular weight is 1860 g/mol. The van der Waals surface area contributed by atoms with E-state index in [0.717, 1.165) is 133 Å². The third-order valence-electron chi connectivity index (χ3n) is 21.7. The molecule has 18 aromatic carbocycles. The third-order valence-corrected chi connectivity index (χ3v) is 21.7. The van der Waals surface area contributed by atoms with Crippen molar-refractivity contribution in [3.05, 3.63) is 501 Å². The molecule has 0 atom stereocenters. The van der Waals surface area contributed by atoms with Crippen LogP contribution in [0.5, 0.6) is 0 Å². The van der Waals surface area contributed by atoms with Gasteiger partial charge in [0.1, 0.15) is 34.9 Å². The van der Waals surface area contributed by atoms with Gasteiger partial charge in [0.25, 0.3) is 0 Å². The van der Waals surface area contributed by atoms with Gasteiger partial charge in [-0.2, -0.15) is 0 Å². The molecule has 18 aromatic rings. The summed E-state index contributed by atoms with van der Waals surface area (Å²) < 4.78 is 297. The zero-order valence-electron chi connectivity index (χ0n) is 72.6. The summed E-state index contributed by atoms with van der Waals surface area (Å²) in [6.07, 6.45) is 0. The molecule has 22 heteroatoms. The van der Waals surface area contributed by atoms with Gasteiger partial charge in [-0.15, -0.1) is 0 Å². The maximum Gasteiger partial charge on any atom is 0.194 e. The summed E-state index contributed by atoms with van der Waals surface area (Å²) in [6, 6.07) is 87.3. The molecule has 0 aliphatic heterocycles. The van der Waals surface area contributed by atoms with Gasteiger partial charge in [0.15, 0.2) is 93.1 Å². The Morgan fingerprint density at radius 3 is 0.478 bits per heavy atom. The van der Waals surface area contributed by atoms with E-state index in [4.69, 9.17) is 0 Å². The minimum absolute atomic E-state index is 0.0126. The second-order valence-electron chi connectivity index (χ2n) is 31.6. The van der Waals surface area contributed by atoms with E-state index < -0.39 is 150 Å². The van der Waals surface area contributed by atoms with Crippen LogP contribution in [0.3, 0.4) is 0 Å². The highest BCUT2D eigenvalue weighted by Crippen LogP contribution is 2.39. The topological polar surface area (TPSA) is 0 Å². The van der Waals surface area contributed by atoms with Gasteiger partial charge in [0.2, 0.25) is 0 Å². The van der Waals surface area contributed by atoms with Crippen molar-refractivity contribution in [1.82, 2.24) is 0 Å². The van der Waals surface area contributed by atoms with E-state index in [1.54, 1.807) is 84.9 Å². The molecule has 0 saturated carbocycles. The Morgan fingerprint density at radius 1 is 0.103 bits per heavy atom. The Bertz CT molecular complexity index is 7050. The largest absolute Gasteiger partial charge is 0.206 e. The van der Waals surface area contributed by atoms with Crippen LogP contribution in [0.4, 0.5) is 96.6 Å². The maximum absolute atomic E-state index is 14.3. The number of hydrogen-bond acceptors (Lipinski definition) is 0. The van der Waals surface area contributed by atoms with E-state index in [0.29, 0.717) is 63.2 Å². The van der Waals surface area contributed by atoms with Crippen molar-refractivity contribution in [2.45, 2.75) is 41.5 Å². The highest BCUT2D eigenvalue weighted by atomic mass is 19.2. The smallest absolute Gasteiger partial charge is 0.194 e. The SMILES string of the molecule is Cc1ccc(-c2cc(F)c(-c3cc(F)c(F)c(F)c3)c(F)c2)cc1.Cc1ccc(-c2cc(F)c(-c3cc(F)c(F)c(F)c3)c(F)c2)cc1.Cc1ccc(-c2ccc(-c3cc(F)c(F)c(F)c3)c(F)c2)cc1.Cc1ccc(-c2ccc(-c3cc(F)c(F)c(F)c3)cc2)cc1.Cc1ccc(-c2ccc(-c3ccc(F)c(F)c3)c(F)c2)cc1.Cc1ccc(-c2ccc(-c3ccc(F)c(F)c3)cc2)cc1. The molecule has 0 nitrogen and oxygen atoms in total. The molecule has 0 unspecified atom stereocenters. The van der Waals surface area contributed by atoms with Gasteiger partial charge < -0.3 is 0 Å². The summed E-state index contributed by atoms with van der Waals surface area (Å²) in [5.74, 6) is -26.1. The quantitative estimate of drug-likeness (QED) is 0.0845. The minimum atomic E-state index is -1.68. The zero-order chi connectivity index (χ0) is 97.6. The summed E-state index contributed by atoms with van der Waals surface area (Å²) >= 11 is 0. The molecular formula is C114H74F22. The fraction of sp³-hybridized carbons (Fsp3) is 0.0526. The predicted molar refractivity (Wildman–Crippen MR) is 491 cm³/mol. The fourth-order valence-corrected chi connectivity index (χ4v) is 14.2. The lowest BCUT2D eigenvalue weighted by Gasteiger charge is -2.10. The van der Waals surface area contributed by atoms with Crippen LogP contribution >= 0.6 is 0 Å². The molecule has 0 heterocycles. The van der Waals surface area contributed by atoms with Crippen LogP contribution < -0.4 is 0 Å². The molecule has 0 aromatic heterocycles. The third kappa shape index (κ3) is 24.1. The first-order valence-electron chi connectivity index (χ1n) is 41.6. The molecule has 0 saturated heterocycles. The molecule has 0 fully saturated rings. The lowest BCUT2D eigenvalue weighted by molar-refractivity contribution is 0.447. The van der Waals surface area contributed by atoms with Gasteiger partial charge in [-0.3, -0.25) is 0 Å². The van der Waals surface area contributed by atoms with E-state index in [1.807, 2.05) is 144 Å². The van der Waals surface area contributed by atoms with E-state index in [2.05, 4.69) is 31.2 Å². The Labute approximate surface area is 768 Å². The monoisotopic (exact) mass is 1860 g/mol. The molecule has 0 aliphatic carbocycles. The van der Waals surface area contributed by atoms with E-state index in [-0.39, 0.29) is 27.8 Å². The molecule has 0 radical (unpaired) electrons. The van der Waals surface area contributed by atoms with Crippen LogP contribution in [-0.4, -0.2) is 0 Å². The fourth-order valence-electron chi connectivity index (χ4n) is 14.2. The van der Waals surface area contributed by atoms with Crippen LogP contribution in [0, 0.1) is 170 Å². The van der Waals surface area contributed by atoms with Crippen molar-refractivity contribution in [3.63, 3.8) is 0 Å². The highest BCUT2D eigenvalue weighted by Gasteiger charge is 2.24. The maximum atomic E-state index is 14.3. The van der Waals surface area contributed by atoms with Crippen LogP contribution in [0.25, 0.3) is 134 Å². The summed E-state index contributed by atoms with van der Waals surface area (Å²) in [5.41, 5.74) is 16.8. The Hall–Kier alpha value is -15.6. The number of halogens is 22. The van der Waals surface area contributed by atoms with Gasteiger partial charge in [-0.05, 0) is 262 Å². The summed E-state index contributed by atoms with van der Waals surface area (Å²) in [7, 11) is 0. The second kappa shape index (κ2) is 43.4. The van der Waals surface area contributed by atoms with Crippen molar-refractivity contribution in [2.24, 2.45) is 0 Å². The van der Waals surface area contributed by atoms with Gasteiger partial charge in [0.05, 0.1) is 11.1 Å². The van der Waals surface area contributed by atoms with Crippen molar-refractivity contribution >= 4 is 0 Å². The molecule has 136 heavy (non-hydrogen) atoms. The van der Waals surface area contributed by atoms with Crippen molar-refractivity contribution < 1.29 is 96.6 Å². The van der Waals surface area contributed by atoms with Gasteiger partial charge in [0, 0.05) is 11.1 Å². The molecular weight excluding hydrogens is 1790 g/mol. The second-order valence-corrected chi connectivity index (χ2v) is 31.6. The average Bonchev–Trinajstić information content (AvgIpc) is 0.797. The lowest BCUT2D eigenvalue weighted by Crippen LogP contribution is -1.97. The molecule has 0 aliphatic rings. The van der Waals surface area contributed by atoms with Crippen LogP contribution in [0.2, 0.25) is 0 Å². The zero-order valence-corrected chi connectivity index (χ0v) is 72.6. The summed E-state index contributed by atoms with van der Waals surface area (Å²) in [4.78, 5) is 0. The highest BCUT2D eigenvalue weighted by molar-refractivity contribution is 5.78. The molecule has 18 rings (SSSR count). The Kier molecular flexibility index (Phi) is 31.3. The van der Waals surface area contributed by atoms with E-state index >= 15 is 0 Å². The number of benzene rings is 18. The lowest BCUT2D eigenvalue weighted by atomic mass is 9.98. The molecule has 0 spiro atoms. The van der Waals surface area contributed by atoms with Crippen LogP contribution in [0.15, 0.2) is 340 Å². The van der Waals surface area contributed by atoms with Crippen molar-refractivity contribution in [3.8, 4) is 134 Å². The standard InChI is InChI=1S/2C19H11F5.C19H12F4.2C19H13F3.C19H14F2/c2*1-10-2-4-11(5-3-10)12-6-14(20)18(15(21)7-12)13-8-16(22)19(24)17(23)9-13;1-11-2-4-12(5-3-11)13-6-7-15(16(20)8-13)14-9-17(21)19(23)18(22)10-14;1-12-2-4-13(5-3-12)14-6-8-16(18(21)10-14)15-7-9-17(20)19(22)11-15;1-12-2-4-13(5-3-12)14-6-8-15(9-7-14)16-10-17(20)19(22)18(21)11-16;1-13-2-4-14(5-3-13)15-6-8-16(9-7-15)17-10-11-18(20)19(21)12-17/h2*2-9H,1H3;2-10H,1H3;2*2-11H,1H3;2-12H,1H3. The number of hydrogen-bond donors (Lipinski definition) is 0. The van der Waals surface area contributed by atoms with Gasteiger partial charge in [-0.25, -0.2) is 96.6 Å². The first kappa shape index (κ1) is 97.9. The number of rotatable bonds is 12. The molecule has 0 bridgehead atoms. The van der Waals surface area contributed by atoms with Crippen molar-refractivity contribution in [2.75, 3.05) is 0 Å². The number of aryl methyl sites for hydroxylation is 6. The van der Waals surface area contributed by atoms with Crippen molar-refractivity contribution in [1.29, 1.82) is 0 Å². The summed E-state index contributed by atoms with van der Waals surface area (Å²) in [6.45, 7) is 11.8. The van der Waals surface area contributed by atoms with E-state index in [1.165, 1.54) is 41.5 Å². The van der Waals surface area contributed by atoms with Gasteiger partial charge >= 0.3 is 0 Å².